The highest BCUT2D eigenvalue weighted by Crippen LogP contribution is 2.34. The van der Waals surface area contributed by atoms with Crippen LogP contribution in [0.15, 0.2) is 22.7 Å². The lowest BCUT2D eigenvalue weighted by molar-refractivity contribution is 0.170. The summed E-state index contributed by atoms with van der Waals surface area (Å²) in [4.78, 5) is 0. The largest absolute Gasteiger partial charge is 0.486 e. The molecule has 1 aliphatic heterocycles. The fraction of sp³-hybridized carbons (Fsp3) is 0.455. The molecule has 1 N–H and O–H groups in total. The molecule has 14 heavy (non-hydrogen) atoms. The van der Waals surface area contributed by atoms with Crippen molar-refractivity contribution in [1.29, 1.82) is 0 Å². The van der Waals surface area contributed by atoms with E-state index in [2.05, 4.69) is 41.2 Å². The summed E-state index contributed by atoms with van der Waals surface area (Å²) in [7, 11) is 0. The minimum atomic E-state index is 0.281. The van der Waals surface area contributed by atoms with Crippen LogP contribution in [-0.2, 0) is 0 Å². The van der Waals surface area contributed by atoms with Gasteiger partial charge in [-0.15, -0.1) is 0 Å². The molecule has 76 valence electrons. The summed E-state index contributed by atoms with van der Waals surface area (Å²) < 4.78 is 6.94. The fourth-order valence-corrected chi connectivity index (χ4v) is 2.12. The zero-order chi connectivity index (χ0) is 10.1. The molecular formula is C11H14BrNO. The second kappa shape index (κ2) is 3.81. The Hall–Kier alpha value is -0.700. The summed E-state index contributed by atoms with van der Waals surface area (Å²) in [5.41, 5.74) is 1.08. The van der Waals surface area contributed by atoms with Gasteiger partial charge in [-0.2, -0.15) is 0 Å². The van der Waals surface area contributed by atoms with Gasteiger partial charge in [0.2, 0.25) is 0 Å². The van der Waals surface area contributed by atoms with E-state index in [1.807, 2.05) is 12.1 Å². The van der Waals surface area contributed by atoms with Gasteiger partial charge in [-0.25, -0.2) is 0 Å². The molecule has 0 saturated heterocycles. The van der Waals surface area contributed by atoms with Gasteiger partial charge in [0.05, 0.1) is 11.7 Å². The molecule has 0 spiro atoms. The smallest absolute Gasteiger partial charge is 0.143 e. The number of benzene rings is 1. The SMILES string of the molecule is CCC1Oc2ccc(Br)cc2NC1C. The van der Waals surface area contributed by atoms with Gasteiger partial charge in [-0.3, -0.25) is 0 Å². The van der Waals surface area contributed by atoms with E-state index in [4.69, 9.17) is 4.74 Å². The predicted octanol–water partition coefficient (Wildman–Crippen LogP) is 3.42. The summed E-state index contributed by atoms with van der Waals surface area (Å²) in [6.07, 6.45) is 1.31. The van der Waals surface area contributed by atoms with Gasteiger partial charge in [-0.05, 0) is 31.5 Å². The van der Waals surface area contributed by atoms with Crippen LogP contribution in [0.1, 0.15) is 20.3 Å². The van der Waals surface area contributed by atoms with E-state index >= 15 is 0 Å². The summed E-state index contributed by atoms with van der Waals surface area (Å²) in [5.74, 6) is 0.957. The number of hydrogen-bond donors (Lipinski definition) is 1. The quantitative estimate of drug-likeness (QED) is 0.831. The molecule has 1 aromatic carbocycles. The Morgan fingerprint density at radius 3 is 3.00 bits per heavy atom. The summed E-state index contributed by atoms with van der Waals surface area (Å²) in [5, 5.41) is 3.45. The van der Waals surface area contributed by atoms with Crippen LogP contribution in [0.3, 0.4) is 0 Å². The van der Waals surface area contributed by atoms with Gasteiger partial charge in [0.25, 0.3) is 0 Å². The molecule has 1 aliphatic rings. The Kier molecular flexibility index (Phi) is 2.68. The molecule has 0 bridgehead atoms. The molecule has 1 aromatic rings. The topological polar surface area (TPSA) is 21.3 Å². The molecule has 0 saturated carbocycles. The van der Waals surface area contributed by atoms with Crippen LogP contribution in [-0.4, -0.2) is 12.1 Å². The van der Waals surface area contributed by atoms with Crippen molar-refractivity contribution in [3.8, 4) is 5.75 Å². The molecule has 0 amide bonds. The third-order valence-corrected chi connectivity index (χ3v) is 3.06. The molecule has 0 aliphatic carbocycles. The fourth-order valence-electron chi connectivity index (χ4n) is 1.76. The van der Waals surface area contributed by atoms with E-state index in [9.17, 15) is 0 Å². The number of anilines is 1. The van der Waals surface area contributed by atoms with Crippen molar-refractivity contribution in [2.75, 3.05) is 5.32 Å². The minimum absolute atomic E-state index is 0.281. The normalized spacial score (nSPS) is 24.8. The highest BCUT2D eigenvalue weighted by atomic mass is 79.9. The number of nitrogens with one attached hydrogen (secondary N) is 1. The van der Waals surface area contributed by atoms with Crippen molar-refractivity contribution < 1.29 is 4.74 Å². The molecule has 2 atom stereocenters. The molecule has 0 fully saturated rings. The molecule has 2 rings (SSSR count). The van der Waals surface area contributed by atoms with Crippen molar-refractivity contribution in [1.82, 2.24) is 0 Å². The summed E-state index contributed by atoms with van der Waals surface area (Å²) >= 11 is 3.45. The summed E-state index contributed by atoms with van der Waals surface area (Å²) in [6, 6.07) is 6.43. The zero-order valence-electron chi connectivity index (χ0n) is 8.38. The molecule has 3 heteroatoms. The van der Waals surface area contributed by atoms with E-state index in [1.165, 1.54) is 0 Å². The standard InChI is InChI=1S/C11H14BrNO/c1-3-10-7(2)13-9-6-8(12)4-5-11(9)14-10/h4-7,10,13H,3H2,1-2H3. The van der Waals surface area contributed by atoms with E-state index in [1.54, 1.807) is 0 Å². The first-order valence-electron chi connectivity index (χ1n) is 4.93. The second-order valence-electron chi connectivity index (χ2n) is 3.64. The van der Waals surface area contributed by atoms with Crippen molar-refractivity contribution in [2.45, 2.75) is 32.4 Å². The van der Waals surface area contributed by atoms with Crippen LogP contribution in [0.5, 0.6) is 5.75 Å². The highest BCUT2D eigenvalue weighted by molar-refractivity contribution is 9.10. The summed E-state index contributed by atoms with van der Waals surface area (Å²) in [6.45, 7) is 4.30. The predicted molar refractivity (Wildman–Crippen MR) is 61.9 cm³/mol. The zero-order valence-corrected chi connectivity index (χ0v) is 9.97. The third kappa shape index (κ3) is 1.73. The van der Waals surface area contributed by atoms with Crippen LogP contribution in [0.4, 0.5) is 5.69 Å². The maximum atomic E-state index is 5.86. The molecule has 1 heterocycles. The average molecular weight is 256 g/mol. The Balaban J connectivity index is 2.30. The van der Waals surface area contributed by atoms with Crippen LogP contribution in [0.2, 0.25) is 0 Å². The average Bonchev–Trinajstić information content (AvgIpc) is 2.16. The lowest BCUT2D eigenvalue weighted by Gasteiger charge is -2.32. The molecule has 2 nitrogen and oxygen atoms in total. The van der Waals surface area contributed by atoms with Gasteiger partial charge < -0.3 is 10.1 Å². The van der Waals surface area contributed by atoms with Crippen LogP contribution in [0.25, 0.3) is 0 Å². The van der Waals surface area contributed by atoms with Gasteiger partial charge in [0.1, 0.15) is 11.9 Å². The Labute approximate surface area is 92.8 Å². The molecule has 0 aromatic heterocycles. The lowest BCUT2D eigenvalue weighted by atomic mass is 10.1. The van der Waals surface area contributed by atoms with Crippen molar-refractivity contribution in [3.05, 3.63) is 22.7 Å². The second-order valence-corrected chi connectivity index (χ2v) is 4.55. The number of halogens is 1. The van der Waals surface area contributed by atoms with E-state index in [0.29, 0.717) is 6.04 Å². The number of fused-ring (bicyclic) bond motifs is 1. The first-order chi connectivity index (χ1) is 6.70. The minimum Gasteiger partial charge on any atom is -0.486 e. The van der Waals surface area contributed by atoms with Crippen LogP contribution >= 0.6 is 15.9 Å². The monoisotopic (exact) mass is 255 g/mol. The number of rotatable bonds is 1. The van der Waals surface area contributed by atoms with Gasteiger partial charge in [0, 0.05) is 4.47 Å². The maximum Gasteiger partial charge on any atom is 0.143 e. The van der Waals surface area contributed by atoms with Crippen LogP contribution < -0.4 is 10.1 Å². The molecular weight excluding hydrogens is 242 g/mol. The van der Waals surface area contributed by atoms with Crippen molar-refractivity contribution in [3.63, 3.8) is 0 Å². The maximum absolute atomic E-state index is 5.86. The Morgan fingerprint density at radius 1 is 1.50 bits per heavy atom. The van der Waals surface area contributed by atoms with Crippen molar-refractivity contribution >= 4 is 21.6 Å². The Morgan fingerprint density at radius 2 is 2.29 bits per heavy atom. The van der Waals surface area contributed by atoms with Crippen LogP contribution in [0, 0.1) is 0 Å². The highest BCUT2D eigenvalue weighted by Gasteiger charge is 2.24. The lowest BCUT2D eigenvalue weighted by Crippen LogP contribution is -2.38. The van der Waals surface area contributed by atoms with Gasteiger partial charge in [-0.1, -0.05) is 22.9 Å². The van der Waals surface area contributed by atoms with E-state index < -0.39 is 0 Å². The Bertz CT molecular complexity index is 340. The van der Waals surface area contributed by atoms with E-state index in [-0.39, 0.29) is 6.10 Å². The third-order valence-electron chi connectivity index (χ3n) is 2.56. The van der Waals surface area contributed by atoms with E-state index in [0.717, 1.165) is 22.3 Å². The molecule has 2 unspecified atom stereocenters. The van der Waals surface area contributed by atoms with Crippen molar-refractivity contribution in [2.24, 2.45) is 0 Å². The number of ether oxygens (including phenoxy) is 1. The molecule has 0 radical (unpaired) electrons. The van der Waals surface area contributed by atoms with Gasteiger partial charge in [0.15, 0.2) is 0 Å². The number of hydrogen-bond acceptors (Lipinski definition) is 2. The van der Waals surface area contributed by atoms with Gasteiger partial charge >= 0.3 is 0 Å². The first kappa shape index (κ1) is 9.84. The first-order valence-corrected chi connectivity index (χ1v) is 5.72.